The van der Waals surface area contributed by atoms with Crippen LogP contribution in [0.1, 0.15) is 43.1 Å². The van der Waals surface area contributed by atoms with Gasteiger partial charge in [-0.15, -0.1) is 0 Å². The maximum atomic E-state index is 12.1. The summed E-state index contributed by atoms with van der Waals surface area (Å²) in [5, 5.41) is 5.30. The fourth-order valence-electron chi connectivity index (χ4n) is 2.39. The number of nitrogens with zero attached hydrogens (tertiary/aromatic N) is 1. The molecule has 2 rings (SSSR count). The normalized spacial score (nSPS) is 10.9. The summed E-state index contributed by atoms with van der Waals surface area (Å²) in [5.41, 5.74) is 1.98. The first-order chi connectivity index (χ1) is 13.7. The molecule has 8 heteroatoms. The van der Waals surface area contributed by atoms with Crippen molar-refractivity contribution in [2.24, 2.45) is 0 Å². The molecule has 0 bridgehead atoms. The summed E-state index contributed by atoms with van der Waals surface area (Å²) >= 11 is 5.84. The smallest absolute Gasteiger partial charge is 0.308 e. The summed E-state index contributed by atoms with van der Waals surface area (Å²) in [7, 11) is 0. The van der Waals surface area contributed by atoms with Crippen LogP contribution >= 0.6 is 11.6 Å². The number of aromatic nitrogens is 1. The third kappa shape index (κ3) is 7.19. The summed E-state index contributed by atoms with van der Waals surface area (Å²) in [6.45, 7) is 5.94. The van der Waals surface area contributed by atoms with E-state index in [1.54, 1.807) is 24.3 Å². The second-order valence-corrected chi connectivity index (χ2v) is 7.74. The van der Waals surface area contributed by atoms with Crippen LogP contribution in [0, 0.1) is 0 Å². The van der Waals surface area contributed by atoms with Crippen LogP contribution in [0.2, 0.25) is 5.15 Å². The van der Waals surface area contributed by atoms with Crippen molar-refractivity contribution in [1.29, 1.82) is 0 Å². The number of nitrogens with one attached hydrogen (secondary N) is 2. The zero-order valence-corrected chi connectivity index (χ0v) is 17.4. The second-order valence-electron chi connectivity index (χ2n) is 7.38. The van der Waals surface area contributed by atoms with Crippen LogP contribution in [0.15, 0.2) is 42.6 Å². The SMILES string of the molecule is CC(C)(C)c1ccc(C(=O)NCCC(=O)OCC(=O)Nc2cccnc2Cl)cc1. The van der Waals surface area contributed by atoms with Gasteiger partial charge < -0.3 is 15.4 Å². The molecule has 2 aromatic rings. The van der Waals surface area contributed by atoms with E-state index < -0.39 is 18.5 Å². The summed E-state index contributed by atoms with van der Waals surface area (Å²) in [6, 6.07) is 10.5. The maximum Gasteiger partial charge on any atom is 0.308 e. The first-order valence-corrected chi connectivity index (χ1v) is 9.49. The molecular weight excluding hydrogens is 394 g/mol. The van der Waals surface area contributed by atoms with Gasteiger partial charge in [0.25, 0.3) is 11.8 Å². The van der Waals surface area contributed by atoms with Crippen LogP contribution in [0.25, 0.3) is 0 Å². The maximum absolute atomic E-state index is 12.1. The molecule has 0 atom stereocenters. The molecule has 0 saturated heterocycles. The van der Waals surface area contributed by atoms with Gasteiger partial charge in [0.15, 0.2) is 11.8 Å². The van der Waals surface area contributed by atoms with Gasteiger partial charge in [0.1, 0.15) is 0 Å². The van der Waals surface area contributed by atoms with Crippen LogP contribution in [0.3, 0.4) is 0 Å². The second kappa shape index (κ2) is 10.0. The Kier molecular flexibility index (Phi) is 7.73. The zero-order valence-electron chi connectivity index (χ0n) is 16.6. The predicted octanol–water partition coefficient (Wildman–Crippen LogP) is 3.33. The number of pyridine rings is 1. The Bertz CT molecular complexity index is 876. The molecule has 1 aromatic carbocycles. The lowest BCUT2D eigenvalue weighted by Gasteiger charge is -2.19. The van der Waals surface area contributed by atoms with Gasteiger partial charge in [0, 0.05) is 18.3 Å². The Hall–Kier alpha value is -2.93. The molecule has 7 nitrogen and oxygen atoms in total. The van der Waals surface area contributed by atoms with Crippen LogP contribution in [-0.4, -0.2) is 35.9 Å². The Labute approximate surface area is 174 Å². The number of hydrogen-bond acceptors (Lipinski definition) is 5. The number of amides is 2. The van der Waals surface area contributed by atoms with Crippen molar-refractivity contribution in [1.82, 2.24) is 10.3 Å². The minimum Gasteiger partial charge on any atom is -0.456 e. The Morgan fingerprint density at radius 1 is 1.10 bits per heavy atom. The van der Waals surface area contributed by atoms with Gasteiger partial charge in [0.2, 0.25) is 0 Å². The van der Waals surface area contributed by atoms with Gasteiger partial charge in [-0.1, -0.05) is 44.5 Å². The van der Waals surface area contributed by atoms with E-state index in [1.807, 2.05) is 12.1 Å². The number of carbonyl (C=O) groups excluding carboxylic acids is 3. The monoisotopic (exact) mass is 417 g/mol. The van der Waals surface area contributed by atoms with Gasteiger partial charge in [0.05, 0.1) is 12.1 Å². The molecule has 0 aliphatic rings. The van der Waals surface area contributed by atoms with Gasteiger partial charge in [-0.2, -0.15) is 0 Å². The van der Waals surface area contributed by atoms with Crippen molar-refractivity contribution in [2.75, 3.05) is 18.5 Å². The van der Waals surface area contributed by atoms with E-state index in [1.165, 1.54) is 6.20 Å². The first-order valence-electron chi connectivity index (χ1n) is 9.11. The molecule has 0 aliphatic carbocycles. The fourth-order valence-corrected chi connectivity index (χ4v) is 2.55. The molecule has 0 saturated carbocycles. The average Bonchev–Trinajstić information content (AvgIpc) is 2.67. The van der Waals surface area contributed by atoms with Crippen LogP contribution in [-0.2, 0) is 19.7 Å². The van der Waals surface area contributed by atoms with Crippen molar-refractivity contribution < 1.29 is 19.1 Å². The topological polar surface area (TPSA) is 97.4 Å². The fraction of sp³-hybridized carbons (Fsp3) is 0.333. The van der Waals surface area contributed by atoms with E-state index in [0.717, 1.165) is 5.56 Å². The van der Waals surface area contributed by atoms with Crippen molar-refractivity contribution in [3.05, 3.63) is 58.9 Å². The molecule has 0 unspecified atom stereocenters. The van der Waals surface area contributed by atoms with Crippen LogP contribution in [0.5, 0.6) is 0 Å². The van der Waals surface area contributed by atoms with Crippen molar-refractivity contribution >= 4 is 35.1 Å². The van der Waals surface area contributed by atoms with E-state index in [-0.39, 0.29) is 29.4 Å². The molecule has 1 heterocycles. The summed E-state index contributed by atoms with van der Waals surface area (Å²) in [6.07, 6.45) is 1.44. The summed E-state index contributed by atoms with van der Waals surface area (Å²) in [5.74, 6) is -1.40. The molecule has 0 radical (unpaired) electrons. The van der Waals surface area contributed by atoms with Crippen molar-refractivity contribution in [3.8, 4) is 0 Å². The number of halogens is 1. The number of esters is 1. The van der Waals surface area contributed by atoms with E-state index in [2.05, 4.69) is 36.4 Å². The van der Waals surface area contributed by atoms with E-state index >= 15 is 0 Å². The Morgan fingerprint density at radius 3 is 2.41 bits per heavy atom. The van der Waals surface area contributed by atoms with Crippen molar-refractivity contribution in [3.63, 3.8) is 0 Å². The average molecular weight is 418 g/mol. The van der Waals surface area contributed by atoms with Gasteiger partial charge in [-0.3, -0.25) is 14.4 Å². The standard InChI is InChI=1S/C21H24ClN3O4/c1-21(2,3)15-8-6-14(7-9-15)20(28)24-12-10-18(27)29-13-17(26)25-16-5-4-11-23-19(16)22/h4-9,11H,10,12-13H2,1-3H3,(H,24,28)(H,25,26). The molecule has 0 fully saturated rings. The van der Waals surface area contributed by atoms with Crippen LogP contribution < -0.4 is 10.6 Å². The number of benzene rings is 1. The molecule has 29 heavy (non-hydrogen) atoms. The Morgan fingerprint density at radius 2 is 1.79 bits per heavy atom. The lowest BCUT2D eigenvalue weighted by Crippen LogP contribution is -2.28. The molecule has 0 aliphatic heterocycles. The van der Waals surface area contributed by atoms with E-state index in [9.17, 15) is 14.4 Å². The number of anilines is 1. The molecular formula is C21H24ClN3O4. The molecule has 1 aromatic heterocycles. The van der Waals surface area contributed by atoms with Gasteiger partial charge >= 0.3 is 5.97 Å². The summed E-state index contributed by atoms with van der Waals surface area (Å²) in [4.78, 5) is 39.5. The zero-order chi connectivity index (χ0) is 21.4. The highest BCUT2D eigenvalue weighted by molar-refractivity contribution is 6.32. The third-order valence-corrected chi connectivity index (χ3v) is 4.33. The Balaban J connectivity index is 1.70. The van der Waals surface area contributed by atoms with Gasteiger partial charge in [-0.05, 0) is 35.2 Å². The number of ether oxygens (including phenoxy) is 1. The lowest BCUT2D eigenvalue weighted by molar-refractivity contribution is -0.147. The largest absolute Gasteiger partial charge is 0.456 e. The highest BCUT2D eigenvalue weighted by atomic mass is 35.5. The highest BCUT2D eigenvalue weighted by Gasteiger charge is 2.15. The summed E-state index contributed by atoms with van der Waals surface area (Å²) < 4.78 is 4.89. The first kappa shape index (κ1) is 22.4. The highest BCUT2D eigenvalue weighted by Crippen LogP contribution is 2.22. The number of rotatable bonds is 7. The molecule has 2 N–H and O–H groups in total. The van der Waals surface area contributed by atoms with E-state index in [0.29, 0.717) is 11.3 Å². The lowest BCUT2D eigenvalue weighted by atomic mass is 9.87. The predicted molar refractivity (Wildman–Crippen MR) is 111 cm³/mol. The minimum absolute atomic E-state index is 0.00735. The minimum atomic E-state index is -0.596. The van der Waals surface area contributed by atoms with E-state index in [4.69, 9.17) is 16.3 Å². The van der Waals surface area contributed by atoms with Crippen molar-refractivity contribution in [2.45, 2.75) is 32.6 Å². The molecule has 0 spiro atoms. The van der Waals surface area contributed by atoms with Crippen LogP contribution in [0.4, 0.5) is 5.69 Å². The molecule has 2 amide bonds. The number of hydrogen-bond donors (Lipinski definition) is 2. The number of carbonyl (C=O) groups is 3. The third-order valence-electron chi connectivity index (χ3n) is 4.03. The van der Waals surface area contributed by atoms with Gasteiger partial charge in [-0.25, -0.2) is 4.98 Å². The molecule has 154 valence electrons. The quantitative estimate of drug-likeness (QED) is 0.532.